The fourth-order valence-corrected chi connectivity index (χ4v) is 5.42. The molecule has 7 heteroatoms. The maximum Gasteiger partial charge on any atom is 0.178 e. The van der Waals surface area contributed by atoms with Crippen molar-refractivity contribution in [2.24, 2.45) is 5.73 Å². The second kappa shape index (κ2) is 8.39. The minimum atomic E-state index is 0.142. The van der Waals surface area contributed by atoms with Gasteiger partial charge in [-0.05, 0) is 61.8 Å². The van der Waals surface area contributed by atoms with E-state index in [0.29, 0.717) is 6.04 Å². The number of aromatic amines is 1. The number of rotatable bonds is 3. The first kappa shape index (κ1) is 20.6. The highest BCUT2D eigenvalue weighted by molar-refractivity contribution is 5.91. The maximum absolute atomic E-state index is 6.42. The Hall–Kier alpha value is -3.03. The van der Waals surface area contributed by atoms with E-state index < -0.39 is 0 Å². The smallest absolute Gasteiger partial charge is 0.178 e. The lowest BCUT2D eigenvalue weighted by atomic mass is 9.94. The summed E-state index contributed by atoms with van der Waals surface area (Å²) >= 11 is 0. The molecule has 0 bridgehead atoms. The normalized spacial score (nSPS) is 19.5. The molecule has 6 rings (SSSR count). The summed E-state index contributed by atoms with van der Waals surface area (Å²) in [5, 5.41) is 4.70. The van der Waals surface area contributed by atoms with Crippen LogP contribution in [0.4, 0.5) is 0 Å². The molecule has 4 aromatic rings. The Morgan fingerprint density at radius 2 is 1.97 bits per heavy atom. The van der Waals surface area contributed by atoms with Crippen molar-refractivity contribution < 1.29 is 4.74 Å². The van der Waals surface area contributed by atoms with E-state index in [0.717, 1.165) is 72.7 Å². The Labute approximate surface area is 193 Å². The molecule has 1 unspecified atom stereocenters. The molecule has 1 aliphatic carbocycles. The lowest BCUT2D eigenvalue weighted by molar-refractivity contribution is 0.0657. The second-order valence-corrected chi connectivity index (χ2v) is 9.34. The number of nitrogens with one attached hydrogen (secondary N) is 1. The third kappa shape index (κ3) is 3.65. The van der Waals surface area contributed by atoms with Gasteiger partial charge in [0.2, 0.25) is 0 Å². The first-order valence-electron chi connectivity index (χ1n) is 12.0. The molecule has 4 heterocycles. The monoisotopic (exact) mass is 442 g/mol. The zero-order valence-corrected chi connectivity index (χ0v) is 19.1. The van der Waals surface area contributed by atoms with E-state index in [1.54, 1.807) is 0 Å². The lowest BCUT2D eigenvalue weighted by Gasteiger charge is -2.23. The van der Waals surface area contributed by atoms with Crippen molar-refractivity contribution in [1.82, 2.24) is 24.7 Å². The minimum Gasteiger partial charge on any atom is -0.381 e. The summed E-state index contributed by atoms with van der Waals surface area (Å²) < 4.78 is 7.65. The first-order valence-corrected chi connectivity index (χ1v) is 12.0. The van der Waals surface area contributed by atoms with Crippen molar-refractivity contribution in [3.05, 3.63) is 53.5 Å². The van der Waals surface area contributed by atoms with Crippen molar-refractivity contribution in [1.29, 1.82) is 0 Å². The number of hydrogen-bond donors (Lipinski definition) is 2. The molecule has 1 fully saturated rings. The molecule has 3 aromatic heterocycles. The highest BCUT2D eigenvalue weighted by Crippen LogP contribution is 2.34. The van der Waals surface area contributed by atoms with Crippen LogP contribution in [0.1, 0.15) is 61.0 Å². The summed E-state index contributed by atoms with van der Waals surface area (Å²) in [6, 6.07) is 9.31. The minimum absolute atomic E-state index is 0.142. The predicted octanol–water partition coefficient (Wildman–Crippen LogP) is 4.87. The molecule has 0 saturated carbocycles. The second-order valence-electron chi connectivity index (χ2n) is 9.34. The van der Waals surface area contributed by atoms with Crippen LogP contribution in [0.5, 0.6) is 0 Å². The van der Waals surface area contributed by atoms with Crippen LogP contribution in [0, 0.1) is 6.92 Å². The number of hydrogen-bond acceptors (Lipinski definition) is 5. The van der Waals surface area contributed by atoms with Gasteiger partial charge in [-0.2, -0.15) is 5.10 Å². The SMILES string of the molecule is Cc1c(-c2nc3nccc(-c4ccc5c(c4)CCCCC5N)c3[nH]2)cnn1C1CCOCC1. The summed E-state index contributed by atoms with van der Waals surface area (Å²) in [6.45, 7) is 3.71. The fraction of sp³-hybridized carbons (Fsp3) is 0.423. The summed E-state index contributed by atoms with van der Waals surface area (Å²) in [4.78, 5) is 12.9. The number of benzene rings is 1. The van der Waals surface area contributed by atoms with Gasteiger partial charge in [0.05, 0.1) is 23.3 Å². The fourth-order valence-electron chi connectivity index (χ4n) is 5.42. The van der Waals surface area contributed by atoms with Crippen LogP contribution in [0.2, 0.25) is 0 Å². The van der Waals surface area contributed by atoms with Gasteiger partial charge in [0.15, 0.2) is 5.65 Å². The number of fused-ring (bicyclic) bond motifs is 2. The van der Waals surface area contributed by atoms with Gasteiger partial charge in [-0.15, -0.1) is 0 Å². The molecule has 3 N–H and O–H groups in total. The van der Waals surface area contributed by atoms with Crippen LogP contribution in [0.15, 0.2) is 36.7 Å². The highest BCUT2D eigenvalue weighted by Gasteiger charge is 2.22. The third-order valence-corrected chi connectivity index (χ3v) is 7.29. The van der Waals surface area contributed by atoms with Gasteiger partial charge < -0.3 is 15.5 Å². The number of nitrogens with zero attached hydrogens (tertiary/aromatic N) is 4. The van der Waals surface area contributed by atoms with Crippen LogP contribution in [0.3, 0.4) is 0 Å². The maximum atomic E-state index is 6.42. The summed E-state index contributed by atoms with van der Waals surface area (Å²) in [6.07, 6.45) is 10.3. The zero-order chi connectivity index (χ0) is 22.4. The molecule has 1 aromatic carbocycles. The van der Waals surface area contributed by atoms with E-state index in [1.807, 2.05) is 12.4 Å². The molecule has 1 aliphatic heterocycles. The number of H-pyrrole nitrogens is 1. The van der Waals surface area contributed by atoms with Gasteiger partial charge in [-0.3, -0.25) is 4.68 Å². The number of aromatic nitrogens is 5. The first-order chi connectivity index (χ1) is 16.2. The van der Waals surface area contributed by atoms with E-state index in [-0.39, 0.29) is 6.04 Å². The zero-order valence-electron chi connectivity index (χ0n) is 19.1. The molecule has 170 valence electrons. The molecule has 0 spiro atoms. The van der Waals surface area contributed by atoms with E-state index in [4.69, 9.17) is 20.6 Å². The van der Waals surface area contributed by atoms with Crippen molar-refractivity contribution in [2.45, 2.75) is 57.5 Å². The number of ether oxygens (including phenoxy) is 1. The third-order valence-electron chi connectivity index (χ3n) is 7.29. The standard InChI is InChI=1S/C26H30N6O/c1-16-22(15-29-32(16)19-9-12-33-13-10-19)25-30-24-21(8-11-28-26(24)31-25)18-6-7-20-17(14-18)4-2-3-5-23(20)27/h6-8,11,14-15,19,23H,2-5,9-10,12-13,27H2,1H3,(H,28,30,31). The van der Waals surface area contributed by atoms with E-state index in [2.05, 4.69) is 45.8 Å². The summed E-state index contributed by atoms with van der Waals surface area (Å²) in [7, 11) is 0. The van der Waals surface area contributed by atoms with Crippen molar-refractivity contribution in [2.75, 3.05) is 13.2 Å². The van der Waals surface area contributed by atoms with Gasteiger partial charge in [-0.25, -0.2) is 9.97 Å². The molecule has 0 amide bonds. The van der Waals surface area contributed by atoms with Crippen molar-refractivity contribution in [3.63, 3.8) is 0 Å². The summed E-state index contributed by atoms with van der Waals surface area (Å²) in [5.41, 5.74) is 15.2. The topological polar surface area (TPSA) is 94.6 Å². The Bertz CT molecular complexity index is 1300. The number of imidazole rings is 1. The van der Waals surface area contributed by atoms with E-state index >= 15 is 0 Å². The average molecular weight is 443 g/mol. The molecular formula is C26H30N6O. The van der Waals surface area contributed by atoms with E-state index in [9.17, 15) is 0 Å². The highest BCUT2D eigenvalue weighted by atomic mass is 16.5. The van der Waals surface area contributed by atoms with Crippen molar-refractivity contribution in [3.8, 4) is 22.5 Å². The van der Waals surface area contributed by atoms with Crippen LogP contribution >= 0.6 is 0 Å². The molecule has 1 saturated heterocycles. The van der Waals surface area contributed by atoms with Gasteiger partial charge in [0.1, 0.15) is 5.82 Å². The van der Waals surface area contributed by atoms with Crippen LogP contribution in [-0.2, 0) is 11.2 Å². The van der Waals surface area contributed by atoms with Gasteiger partial charge in [0, 0.05) is 36.7 Å². The van der Waals surface area contributed by atoms with Crippen LogP contribution in [-0.4, -0.2) is 37.9 Å². The molecule has 7 nitrogen and oxygen atoms in total. The molecule has 1 atom stereocenters. The number of pyridine rings is 1. The average Bonchev–Trinajstić information content (AvgIpc) is 3.39. The predicted molar refractivity (Wildman–Crippen MR) is 129 cm³/mol. The Kier molecular flexibility index (Phi) is 5.23. The number of aryl methyl sites for hydroxylation is 1. The molecule has 33 heavy (non-hydrogen) atoms. The van der Waals surface area contributed by atoms with Crippen LogP contribution in [0.25, 0.3) is 33.7 Å². The Morgan fingerprint density at radius 3 is 2.85 bits per heavy atom. The Balaban J connectivity index is 1.39. The molecule has 2 aliphatic rings. The lowest BCUT2D eigenvalue weighted by Crippen LogP contribution is -2.21. The quantitative estimate of drug-likeness (QED) is 0.441. The molecule has 0 radical (unpaired) electrons. The van der Waals surface area contributed by atoms with Crippen LogP contribution < -0.4 is 5.73 Å². The van der Waals surface area contributed by atoms with Crippen molar-refractivity contribution >= 4 is 11.2 Å². The summed E-state index contributed by atoms with van der Waals surface area (Å²) in [5.74, 6) is 0.817. The van der Waals surface area contributed by atoms with Gasteiger partial charge in [-0.1, -0.05) is 24.6 Å². The van der Waals surface area contributed by atoms with Gasteiger partial charge in [0.25, 0.3) is 0 Å². The Morgan fingerprint density at radius 1 is 1.09 bits per heavy atom. The number of nitrogens with two attached hydrogens (primary N) is 1. The van der Waals surface area contributed by atoms with E-state index in [1.165, 1.54) is 29.5 Å². The largest absolute Gasteiger partial charge is 0.381 e. The molecular weight excluding hydrogens is 412 g/mol. The van der Waals surface area contributed by atoms with Gasteiger partial charge >= 0.3 is 0 Å².